The normalized spacial score (nSPS) is 10.7. The molecule has 0 saturated heterocycles. The Morgan fingerprint density at radius 1 is 1.16 bits per heavy atom. The van der Waals surface area contributed by atoms with E-state index in [0.29, 0.717) is 17.5 Å². The summed E-state index contributed by atoms with van der Waals surface area (Å²) in [6.45, 7) is 3.83. The van der Waals surface area contributed by atoms with Gasteiger partial charge in [-0.25, -0.2) is 4.39 Å². The molecule has 0 bridgehead atoms. The second-order valence-electron chi connectivity index (χ2n) is 5.02. The van der Waals surface area contributed by atoms with Crippen LogP contribution in [0.1, 0.15) is 67.8 Å². The van der Waals surface area contributed by atoms with E-state index in [-0.39, 0.29) is 16.6 Å². The molecule has 0 N–H and O–H groups in total. The molecule has 0 spiro atoms. The number of halogens is 2. The van der Waals surface area contributed by atoms with Crippen molar-refractivity contribution in [2.24, 2.45) is 0 Å². The van der Waals surface area contributed by atoms with E-state index in [1.807, 2.05) is 0 Å². The van der Waals surface area contributed by atoms with Crippen molar-refractivity contribution in [3.63, 3.8) is 0 Å². The lowest BCUT2D eigenvalue weighted by Gasteiger charge is -2.06. The molecule has 0 unspecified atom stereocenters. The van der Waals surface area contributed by atoms with Gasteiger partial charge < -0.3 is 0 Å². The molecule has 1 aromatic carbocycles. The van der Waals surface area contributed by atoms with Crippen molar-refractivity contribution < 1.29 is 9.18 Å². The second-order valence-corrected chi connectivity index (χ2v) is 5.43. The maximum atomic E-state index is 13.3. The number of hydrogen-bond acceptors (Lipinski definition) is 1. The molecule has 1 nitrogen and oxygen atoms in total. The molecule has 0 aliphatic heterocycles. The van der Waals surface area contributed by atoms with E-state index in [0.717, 1.165) is 12.8 Å². The first-order chi connectivity index (χ1) is 9.06. The first-order valence-electron chi connectivity index (χ1n) is 7.05. The molecule has 106 valence electrons. The van der Waals surface area contributed by atoms with Gasteiger partial charge in [-0.1, -0.05) is 50.6 Å². The van der Waals surface area contributed by atoms with Crippen molar-refractivity contribution in [1.29, 1.82) is 0 Å². The zero-order valence-electron chi connectivity index (χ0n) is 11.8. The van der Waals surface area contributed by atoms with Crippen LogP contribution in [-0.2, 0) is 0 Å². The average molecular weight is 285 g/mol. The van der Waals surface area contributed by atoms with Gasteiger partial charge in [-0.2, -0.15) is 0 Å². The Balaban J connectivity index is 2.43. The van der Waals surface area contributed by atoms with Gasteiger partial charge in [0.2, 0.25) is 0 Å². The van der Waals surface area contributed by atoms with Gasteiger partial charge in [0.05, 0.1) is 5.02 Å². The highest BCUT2D eigenvalue weighted by Gasteiger charge is 2.12. The Labute approximate surface area is 120 Å². The summed E-state index contributed by atoms with van der Waals surface area (Å²) in [5.74, 6) is -0.343. The molecule has 0 heterocycles. The molecule has 0 amide bonds. The average Bonchev–Trinajstić information content (AvgIpc) is 2.37. The van der Waals surface area contributed by atoms with Crippen LogP contribution in [-0.4, -0.2) is 5.78 Å². The number of carbonyl (C=O) groups excluding carboxylic acids is 1. The van der Waals surface area contributed by atoms with Crippen LogP contribution in [0, 0.1) is 12.7 Å². The molecule has 0 saturated carbocycles. The summed E-state index contributed by atoms with van der Waals surface area (Å²) in [4.78, 5) is 12.0. The SMILES string of the molecule is CCCCCCCCC(=O)c1cc(C)c(F)cc1Cl. The van der Waals surface area contributed by atoms with Gasteiger partial charge in [0.1, 0.15) is 5.82 Å². The fourth-order valence-electron chi connectivity index (χ4n) is 2.07. The number of unbranched alkanes of at least 4 members (excludes halogenated alkanes) is 5. The van der Waals surface area contributed by atoms with E-state index in [2.05, 4.69) is 6.92 Å². The number of Topliss-reactive ketones (excluding diaryl/α,β-unsaturated/α-hetero) is 1. The fraction of sp³-hybridized carbons (Fsp3) is 0.562. The highest BCUT2D eigenvalue weighted by molar-refractivity contribution is 6.34. The van der Waals surface area contributed by atoms with Crippen molar-refractivity contribution in [2.75, 3.05) is 0 Å². The van der Waals surface area contributed by atoms with Gasteiger partial charge in [-0.05, 0) is 31.0 Å². The highest BCUT2D eigenvalue weighted by Crippen LogP contribution is 2.22. The lowest BCUT2D eigenvalue weighted by molar-refractivity contribution is 0.0979. The Bertz CT molecular complexity index is 429. The molecule has 0 radical (unpaired) electrons. The van der Waals surface area contributed by atoms with Crippen LogP contribution < -0.4 is 0 Å². The van der Waals surface area contributed by atoms with E-state index in [9.17, 15) is 9.18 Å². The Hall–Kier alpha value is -0.890. The standard InChI is InChI=1S/C16H22ClFO/c1-3-4-5-6-7-8-9-16(19)13-10-12(2)15(18)11-14(13)17/h10-11H,3-9H2,1-2H3. The van der Waals surface area contributed by atoms with E-state index in [1.54, 1.807) is 13.0 Å². The summed E-state index contributed by atoms with van der Waals surface area (Å²) in [6, 6.07) is 2.78. The van der Waals surface area contributed by atoms with Gasteiger partial charge in [0, 0.05) is 12.0 Å². The smallest absolute Gasteiger partial charge is 0.164 e. The van der Waals surface area contributed by atoms with Crippen molar-refractivity contribution in [2.45, 2.75) is 58.8 Å². The minimum absolute atomic E-state index is 0.0172. The van der Waals surface area contributed by atoms with Gasteiger partial charge in [0.15, 0.2) is 5.78 Å². The molecular formula is C16H22ClFO. The molecule has 0 aliphatic rings. The molecular weight excluding hydrogens is 263 g/mol. The fourth-order valence-corrected chi connectivity index (χ4v) is 2.33. The third-order valence-electron chi connectivity index (χ3n) is 3.31. The van der Waals surface area contributed by atoms with E-state index >= 15 is 0 Å². The van der Waals surface area contributed by atoms with Gasteiger partial charge >= 0.3 is 0 Å². The number of carbonyl (C=O) groups is 1. The highest BCUT2D eigenvalue weighted by atomic mass is 35.5. The molecule has 1 rings (SSSR count). The minimum Gasteiger partial charge on any atom is -0.294 e. The quantitative estimate of drug-likeness (QED) is 0.441. The number of rotatable bonds is 8. The summed E-state index contributed by atoms with van der Waals surface area (Å²) < 4.78 is 13.3. The van der Waals surface area contributed by atoms with E-state index in [4.69, 9.17) is 11.6 Å². The number of benzene rings is 1. The molecule has 19 heavy (non-hydrogen) atoms. The Morgan fingerprint density at radius 3 is 2.47 bits per heavy atom. The third-order valence-corrected chi connectivity index (χ3v) is 3.62. The maximum absolute atomic E-state index is 13.3. The second kappa shape index (κ2) is 8.31. The lowest BCUT2D eigenvalue weighted by Crippen LogP contribution is -2.01. The van der Waals surface area contributed by atoms with Gasteiger partial charge in [-0.15, -0.1) is 0 Å². The topological polar surface area (TPSA) is 17.1 Å². The van der Waals surface area contributed by atoms with Crippen LogP contribution in [0.5, 0.6) is 0 Å². The van der Waals surface area contributed by atoms with Crippen molar-refractivity contribution in [3.05, 3.63) is 34.1 Å². The third kappa shape index (κ3) is 5.32. The zero-order chi connectivity index (χ0) is 14.3. The first-order valence-corrected chi connectivity index (χ1v) is 7.43. The van der Waals surface area contributed by atoms with Crippen LogP contribution in [0.2, 0.25) is 5.02 Å². The van der Waals surface area contributed by atoms with E-state index < -0.39 is 0 Å². The summed E-state index contributed by atoms with van der Waals surface area (Å²) in [6.07, 6.45) is 7.36. The Morgan fingerprint density at radius 2 is 1.79 bits per heavy atom. The van der Waals surface area contributed by atoms with Crippen molar-refractivity contribution >= 4 is 17.4 Å². The molecule has 1 aromatic rings. The number of hydrogen-bond donors (Lipinski definition) is 0. The molecule has 0 atom stereocenters. The van der Waals surface area contributed by atoms with Crippen LogP contribution in [0.25, 0.3) is 0 Å². The number of ketones is 1. The molecule has 0 aliphatic carbocycles. The van der Waals surface area contributed by atoms with Crippen molar-refractivity contribution in [3.8, 4) is 0 Å². The Kier molecular flexibility index (Phi) is 7.07. The summed E-state index contributed by atoms with van der Waals surface area (Å²) >= 11 is 5.92. The molecule has 0 fully saturated rings. The predicted octanol–water partition coefficient (Wildman–Crippen LogP) is 5.72. The summed E-state index contributed by atoms with van der Waals surface area (Å²) in [5.41, 5.74) is 0.921. The minimum atomic E-state index is -0.360. The molecule has 0 aromatic heterocycles. The first kappa shape index (κ1) is 16.2. The summed E-state index contributed by atoms with van der Waals surface area (Å²) in [7, 11) is 0. The van der Waals surface area contributed by atoms with Crippen LogP contribution in [0.3, 0.4) is 0 Å². The summed E-state index contributed by atoms with van der Waals surface area (Å²) in [5, 5.41) is 0.221. The molecule has 3 heteroatoms. The van der Waals surface area contributed by atoms with E-state index in [1.165, 1.54) is 31.7 Å². The lowest BCUT2D eigenvalue weighted by atomic mass is 10.0. The largest absolute Gasteiger partial charge is 0.294 e. The van der Waals surface area contributed by atoms with Crippen LogP contribution >= 0.6 is 11.6 Å². The monoisotopic (exact) mass is 284 g/mol. The van der Waals surface area contributed by atoms with Crippen molar-refractivity contribution in [1.82, 2.24) is 0 Å². The maximum Gasteiger partial charge on any atom is 0.164 e. The van der Waals surface area contributed by atoms with Gasteiger partial charge in [0.25, 0.3) is 0 Å². The predicted molar refractivity (Wildman–Crippen MR) is 78.5 cm³/mol. The zero-order valence-corrected chi connectivity index (χ0v) is 12.5. The number of aryl methyl sites for hydroxylation is 1. The van der Waals surface area contributed by atoms with Gasteiger partial charge in [-0.3, -0.25) is 4.79 Å². The van der Waals surface area contributed by atoms with Crippen LogP contribution in [0.4, 0.5) is 4.39 Å². The van der Waals surface area contributed by atoms with Crippen LogP contribution in [0.15, 0.2) is 12.1 Å².